The summed E-state index contributed by atoms with van der Waals surface area (Å²) in [5.41, 5.74) is 1.00. The van der Waals surface area contributed by atoms with Crippen LogP contribution in [0, 0.1) is 19.3 Å². The molecule has 9 heteroatoms. The average Bonchev–Trinajstić information content (AvgIpc) is 3.24. The molecule has 3 heterocycles. The number of nitrogens with zero attached hydrogens (tertiary/aromatic N) is 4. The van der Waals surface area contributed by atoms with E-state index in [1.165, 1.54) is 0 Å². The van der Waals surface area contributed by atoms with Crippen LogP contribution < -0.4 is 5.32 Å². The number of H-pyrrole nitrogens is 1. The Balaban J connectivity index is 1.60. The molecule has 2 fully saturated rings. The molecule has 1 saturated carbocycles. The highest BCUT2D eigenvalue weighted by molar-refractivity contribution is 7.99. The molecular formula is C25H36N6O2S. The summed E-state index contributed by atoms with van der Waals surface area (Å²) >= 11 is 1.83. The van der Waals surface area contributed by atoms with E-state index in [4.69, 9.17) is 11.4 Å². The number of terminal acetylenes is 1. The summed E-state index contributed by atoms with van der Waals surface area (Å²) in [6, 6.07) is -0.554. The van der Waals surface area contributed by atoms with Crippen molar-refractivity contribution in [2.24, 2.45) is 10.2 Å². The molecule has 2 amide bonds. The fourth-order valence-corrected chi connectivity index (χ4v) is 6.31. The summed E-state index contributed by atoms with van der Waals surface area (Å²) in [7, 11) is 0. The van der Waals surface area contributed by atoms with Crippen molar-refractivity contribution in [1.29, 1.82) is 0 Å². The van der Waals surface area contributed by atoms with Gasteiger partial charge in [-0.2, -0.15) is 22.0 Å². The van der Waals surface area contributed by atoms with Crippen molar-refractivity contribution in [3.05, 3.63) is 17.2 Å². The van der Waals surface area contributed by atoms with Crippen molar-refractivity contribution in [3.8, 4) is 12.3 Å². The molecule has 0 aromatic carbocycles. The van der Waals surface area contributed by atoms with Gasteiger partial charge in [-0.1, -0.05) is 19.8 Å². The molecule has 2 unspecified atom stereocenters. The molecule has 184 valence electrons. The Kier molecular flexibility index (Phi) is 7.97. The molecule has 3 aliphatic rings. The van der Waals surface area contributed by atoms with E-state index >= 15 is 0 Å². The molecular weight excluding hydrogens is 448 g/mol. The second kappa shape index (κ2) is 10.9. The van der Waals surface area contributed by atoms with Crippen molar-refractivity contribution < 1.29 is 9.59 Å². The lowest BCUT2D eigenvalue weighted by Crippen LogP contribution is -2.50. The number of amides is 2. The first kappa shape index (κ1) is 24.8. The van der Waals surface area contributed by atoms with E-state index < -0.39 is 11.7 Å². The second-order valence-corrected chi connectivity index (χ2v) is 10.8. The highest BCUT2D eigenvalue weighted by Gasteiger charge is 2.43. The van der Waals surface area contributed by atoms with Crippen molar-refractivity contribution in [1.82, 2.24) is 20.2 Å². The van der Waals surface area contributed by atoms with Gasteiger partial charge < -0.3 is 15.2 Å². The molecule has 0 radical (unpaired) electrons. The lowest BCUT2D eigenvalue weighted by Gasteiger charge is -2.36. The number of carbonyl (C=O) groups excluding carboxylic acids is 2. The first-order valence-corrected chi connectivity index (χ1v) is 13.7. The molecule has 34 heavy (non-hydrogen) atoms. The number of hydrogen-bond donors (Lipinski definition) is 2. The average molecular weight is 485 g/mol. The van der Waals surface area contributed by atoms with Crippen molar-refractivity contribution in [2.75, 3.05) is 11.5 Å². The second-order valence-electron chi connectivity index (χ2n) is 9.64. The van der Waals surface area contributed by atoms with Crippen LogP contribution >= 0.6 is 11.8 Å². The minimum absolute atomic E-state index is 0.00717. The Morgan fingerprint density at radius 2 is 2.06 bits per heavy atom. The lowest BCUT2D eigenvalue weighted by molar-refractivity contribution is -0.143. The monoisotopic (exact) mass is 484 g/mol. The number of aromatic nitrogens is 2. The Bertz CT molecular complexity index is 949. The molecule has 1 aromatic rings. The molecule has 0 bridgehead atoms. The molecule has 8 nitrogen and oxygen atoms in total. The van der Waals surface area contributed by atoms with Crippen LogP contribution in [0.4, 0.5) is 0 Å². The van der Waals surface area contributed by atoms with Gasteiger partial charge in [0.05, 0.1) is 5.69 Å². The quantitative estimate of drug-likeness (QED) is 0.462. The Hall–Kier alpha value is -2.34. The Labute approximate surface area is 206 Å². The third-order valence-electron chi connectivity index (χ3n) is 7.17. The van der Waals surface area contributed by atoms with E-state index in [1.807, 2.05) is 30.5 Å². The topological polar surface area (TPSA) is 103 Å². The smallest absolute Gasteiger partial charge is 0.249 e. The van der Waals surface area contributed by atoms with Gasteiger partial charge in [0.1, 0.15) is 5.82 Å². The molecule has 2 N–H and O–H groups in total. The van der Waals surface area contributed by atoms with Gasteiger partial charge >= 0.3 is 0 Å². The normalized spacial score (nSPS) is 21.9. The maximum absolute atomic E-state index is 13.8. The Morgan fingerprint density at radius 1 is 1.29 bits per heavy atom. The zero-order valence-corrected chi connectivity index (χ0v) is 21.1. The molecule has 1 saturated heterocycles. The fourth-order valence-electron chi connectivity index (χ4n) is 5.11. The van der Waals surface area contributed by atoms with Crippen LogP contribution in [0.5, 0.6) is 0 Å². The van der Waals surface area contributed by atoms with E-state index in [2.05, 4.69) is 26.4 Å². The zero-order chi connectivity index (χ0) is 24.1. The molecule has 1 aliphatic carbocycles. The standard InChI is InChI=1S/C25H36N6O2S/c1-4-6-13-25(29-30-25)14-11-21(32)31(19-12-15-34-16-19)23(22-17(3)26-20(5-2)28-22)24(33)27-18-9-7-8-10-18/h1,18-19,23H,5-16H2,2-3H3,(H,26,28)(H,27,33). The van der Waals surface area contributed by atoms with E-state index in [-0.39, 0.29) is 30.3 Å². The van der Waals surface area contributed by atoms with Gasteiger partial charge in [0.2, 0.25) is 11.8 Å². The van der Waals surface area contributed by atoms with Crippen LogP contribution in [0.15, 0.2) is 10.2 Å². The summed E-state index contributed by atoms with van der Waals surface area (Å²) in [6.07, 6.45) is 13.4. The molecule has 1 aromatic heterocycles. The van der Waals surface area contributed by atoms with Crippen molar-refractivity contribution in [3.63, 3.8) is 0 Å². The molecule has 2 aliphatic heterocycles. The number of hydrogen-bond acceptors (Lipinski definition) is 6. The third-order valence-corrected chi connectivity index (χ3v) is 8.32. The lowest BCUT2D eigenvalue weighted by atomic mass is 9.99. The van der Waals surface area contributed by atoms with E-state index in [9.17, 15) is 9.59 Å². The first-order chi connectivity index (χ1) is 16.5. The van der Waals surface area contributed by atoms with E-state index in [0.29, 0.717) is 25.0 Å². The number of aromatic amines is 1. The van der Waals surface area contributed by atoms with Gasteiger partial charge in [0.15, 0.2) is 11.7 Å². The number of nitrogens with one attached hydrogen (secondary N) is 2. The summed E-state index contributed by atoms with van der Waals surface area (Å²) in [5.74, 6) is 5.15. The largest absolute Gasteiger partial charge is 0.351 e. The van der Waals surface area contributed by atoms with E-state index in [0.717, 1.165) is 61.5 Å². The van der Waals surface area contributed by atoms with Gasteiger partial charge in [0, 0.05) is 55.6 Å². The summed E-state index contributed by atoms with van der Waals surface area (Å²) in [5, 5.41) is 11.6. The fraction of sp³-hybridized carbons (Fsp3) is 0.720. The summed E-state index contributed by atoms with van der Waals surface area (Å²) in [6.45, 7) is 3.98. The number of imidazole rings is 1. The molecule has 2 atom stereocenters. The van der Waals surface area contributed by atoms with Gasteiger partial charge in [-0.05, 0) is 31.9 Å². The molecule has 0 spiro atoms. The van der Waals surface area contributed by atoms with Crippen LogP contribution in [0.3, 0.4) is 0 Å². The van der Waals surface area contributed by atoms with Crippen LogP contribution in [0.2, 0.25) is 0 Å². The maximum atomic E-state index is 13.8. The number of rotatable bonds is 11. The van der Waals surface area contributed by atoms with Crippen LogP contribution in [-0.2, 0) is 16.0 Å². The van der Waals surface area contributed by atoms with Gasteiger partial charge in [-0.3, -0.25) is 9.59 Å². The van der Waals surface area contributed by atoms with Crippen LogP contribution in [0.1, 0.15) is 88.0 Å². The Morgan fingerprint density at radius 3 is 2.65 bits per heavy atom. The van der Waals surface area contributed by atoms with Gasteiger partial charge in [-0.25, -0.2) is 4.98 Å². The number of thioether (sulfide) groups is 1. The van der Waals surface area contributed by atoms with Crippen LogP contribution in [0.25, 0.3) is 0 Å². The number of carbonyl (C=O) groups is 2. The highest BCUT2D eigenvalue weighted by atomic mass is 32.2. The number of aryl methyl sites for hydroxylation is 2. The predicted molar refractivity (Wildman–Crippen MR) is 133 cm³/mol. The van der Waals surface area contributed by atoms with Crippen molar-refractivity contribution >= 4 is 23.6 Å². The molecule has 4 rings (SSSR count). The summed E-state index contributed by atoms with van der Waals surface area (Å²) in [4.78, 5) is 37.5. The predicted octanol–water partition coefficient (Wildman–Crippen LogP) is 4.07. The zero-order valence-electron chi connectivity index (χ0n) is 20.3. The first-order valence-electron chi connectivity index (χ1n) is 12.6. The summed E-state index contributed by atoms with van der Waals surface area (Å²) < 4.78 is 0. The highest BCUT2D eigenvalue weighted by Crippen LogP contribution is 2.39. The SMILES string of the molecule is C#CCCC1(CCC(=O)N(C2CCSC2)C(C(=O)NC2CCCC2)c2nc(CC)[nH]c2C)N=N1. The minimum atomic E-state index is -0.733. The van der Waals surface area contributed by atoms with E-state index in [1.54, 1.807) is 0 Å². The maximum Gasteiger partial charge on any atom is 0.249 e. The van der Waals surface area contributed by atoms with Crippen molar-refractivity contribution in [2.45, 2.75) is 102 Å². The van der Waals surface area contributed by atoms with Crippen LogP contribution in [-0.4, -0.2) is 55.9 Å². The van der Waals surface area contributed by atoms with Gasteiger partial charge in [-0.15, -0.1) is 12.3 Å². The van der Waals surface area contributed by atoms with Gasteiger partial charge in [0.25, 0.3) is 0 Å². The minimum Gasteiger partial charge on any atom is -0.351 e. The third kappa shape index (κ3) is 5.65.